The third-order valence-electron chi connectivity index (χ3n) is 5.47. The van der Waals surface area contributed by atoms with Gasteiger partial charge in [0.05, 0.1) is 5.69 Å². The second-order valence-electron chi connectivity index (χ2n) is 7.23. The predicted octanol–water partition coefficient (Wildman–Crippen LogP) is 6.31. The van der Waals surface area contributed by atoms with E-state index in [1.54, 1.807) is 18.2 Å². The van der Waals surface area contributed by atoms with E-state index in [1.807, 2.05) is 18.2 Å². The number of halogens is 2. The molecule has 4 nitrogen and oxygen atoms in total. The van der Waals surface area contributed by atoms with Crippen LogP contribution in [-0.4, -0.2) is 21.2 Å². The van der Waals surface area contributed by atoms with Crippen LogP contribution >= 0.6 is 23.2 Å². The lowest BCUT2D eigenvalue weighted by molar-refractivity contribution is 0.0693. The van der Waals surface area contributed by atoms with Crippen molar-refractivity contribution < 1.29 is 15.0 Å². The van der Waals surface area contributed by atoms with Gasteiger partial charge in [-0.1, -0.05) is 35.3 Å². The summed E-state index contributed by atoms with van der Waals surface area (Å²) < 4.78 is 0. The highest BCUT2D eigenvalue weighted by molar-refractivity contribution is 6.35. The van der Waals surface area contributed by atoms with Crippen LogP contribution in [0.15, 0.2) is 48.5 Å². The van der Waals surface area contributed by atoms with Crippen molar-refractivity contribution in [3.63, 3.8) is 0 Å². The molecule has 29 heavy (non-hydrogen) atoms. The largest absolute Gasteiger partial charge is 0.507 e. The van der Waals surface area contributed by atoms with Crippen molar-refractivity contribution in [3.8, 4) is 28.1 Å². The van der Waals surface area contributed by atoms with Gasteiger partial charge in [0.2, 0.25) is 0 Å². The summed E-state index contributed by atoms with van der Waals surface area (Å²) in [5.74, 6) is -1.35. The fourth-order valence-electron chi connectivity index (χ4n) is 4.15. The Morgan fingerprint density at radius 1 is 0.931 bits per heavy atom. The van der Waals surface area contributed by atoms with Crippen LogP contribution in [-0.2, 0) is 12.8 Å². The number of rotatable bonds is 2. The van der Waals surface area contributed by atoms with E-state index in [9.17, 15) is 15.0 Å². The Labute approximate surface area is 176 Å². The average Bonchev–Trinajstić information content (AvgIpc) is 3.05. The molecule has 3 N–H and O–H groups in total. The molecule has 1 aromatic heterocycles. The van der Waals surface area contributed by atoms with E-state index in [1.165, 1.54) is 5.56 Å². The van der Waals surface area contributed by atoms with Crippen LogP contribution in [0.2, 0.25) is 10.0 Å². The van der Waals surface area contributed by atoms with Gasteiger partial charge in [-0.3, -0.25) is 0 Å². The van der Waals surface area contributed by atoms with Crippen molar-refractivity contribution in [2.45, 2.75) is 12.8 Å². The Morgan fingerprint density at radius 2 is 1.69 bits per heavy atom. The van der Waals surface area contributed by atoms with E-state index in [0.717, 1.165) is 51.7 Å². The maximum absolute atomic E-state index is 11.3. The maximum Gasteiger partial charge on any atom is 0.339 e. The lowest BCUT2D eigenvalue weighted by Gasteiger charge is -2.18. The summed E-state index contributed by atoms with van der Waals surface area (Å²) in [4.78, 5) is 14.8. The normalized spacial score (nSPS) is 12.6. The van der Waals surface area contributed by atoms with Crippen LogP contribution < -0.4 is 0 Å². The number of H-pyrrole nitrogens is 1. The molecule has 0 fully saturated rings. The molecule has 0 unspecified atom stereocenters. The van der Waals surface area contributed by atoms with Gasteiger partial charge in [0.15, 0.2) is 0 Å². The predicted molar refractivity (Wildman–Crippen MR) is 115 cm³/mol. The molecule has 0 radical (unpaired) electrons. The summed E-state index contributed by atoms with van der Waals surface area (Å²) in [6.45, 7) is 0. The van der Waals surface area contributed by atoms with Gasteiger partial charge < -0.3 is 15.2 Å². The van der Waals surface area contributed by atoms with Crippen LogP contribution in [0, 0.1) is 0 Å². The molecular weight excluding hydrogens is 409 g/mol. The summed E-state index contributed by atoms with van der Waals surface area (Å²) in [5.41, 5.74) is 6.69. The number of aromatic nitrogens is 1. The molecule has 0 spiro atoms. The van der Waals surface area contributed by atoms with Crippen LogP contribution in [0.3, 0.4) is 0 Å². The lowest BCUT2D eigenvalue weighted by Crippen LogP contribution is -2.06. The van der Waals surface area contributed by atoms with Crippen molar-refractivity contribution in [3.05, 3.63) is 75.3 Å². The van der Waals surface area contributed by atoms with E-state index in [2.05, 4.69) is 17.1 Å². The minimum atomic E-state index is -1.13. The molecule has 1 heterocycles. The second kappa shape index (κ2) is 6.55. The van der Waals surface area contributed by atoms with Gasteiger partial charge in [-0.05, 0) is 71.5 Å². The number of aryl methyl sites for hydroxylation is 2. The Morgan fingerprint density at radius 3 is 2.41 bits per heavy atom. The number of nitrogens with one attached hydrogen (secondary N) is 1. The average molecular weight is 424 g/mol. The number of phenols is 1. The highest BCUT2D eigenvalue weighted by atomic mass is 35.5. The summed E-state index contributed by atoms with van der Waals surface area (Å²) in [6.07, 6.45) is 1.52. The summed E-state index contributed by atoms with van der Waals surface area (Å²) in [5, 5.41) is 21.7. The Kier molecular flexibility index (Phi) is 4.09. The number of carbonyl (C=O) groups is 1. The van der Waals surface area contributed by atoms with Gasteiger partial charge in [0.1, 0.15) is 11.3 Å². The van der Waals surface area contributed by atoms with Gasteiger partial charge in [-0.15, -0.1) is 0 Å². The molecule has 6 heteroatoms. The van der Waals surface area contributed by atoms with Crippen molar-refractivity contribution in [2.24, 2.45) is 0 Å². The van der Waals surface area contributed by atoms with Crippen LogP contribution in [0.25, 0.3) is 33.3 Å². The molecule has 0 bridgehead atoms. The molecule has 5 rings (SSSR count). The highest BCUT2D eigenvalue weighted by Gasteiger charge is 2.24. The van der Waals surface area contributed by atoms with Crippen LogP contribution in [0.5, 0.6) is 5.75 Å². The first kappa shape index (κ1) is 18.1. The van der Waals surface area contributed by atoms with Gasteiger partial charge in [-0.2, -0.15) is 0 Å². The number of carboxylic acid groups (broad SMARTS) is 1. The smallest absolute Gasteiger partial charge is 0.339 e. The third-order valence-corrected chi connectivity index (χ3v) is 5.90. The molecule has 1 aliphatic carbocycles. The van der Waals surface area contributed by atoms with Gasteiger partial charge in [-0.25, -0.2) is 4.79 Å². The number of hydrogen-bond donors (Lipinski definition) is 3. The fourth-order valence-corrected chi connectivity index (χ4v) is 4.67. The number of aromatic amines is 1. The quantitative estimate of drug-likeness (QED) is 0.353. The second-order valence-corrected chi connectivity index (χ2v) is 8.10. The Bertz CT molecular complexity index is 1300. The van der Waals surface area contributed by atoms with Gasteiger partial charge >= 0.3 is 5.97 Å². The zero-order chi connectivity index (χ0) is 20.3. The number of fused-ring (bicyclic) bond motifs is 5. The maximum atomic E-state index is 11.3. The third kappa shape index (κ3) is 2.96. The fraction of sp³-hybridized carbons (Fsp3) is 0.0870. The van der Waals surface area contributed by atoms with Crippen LogP contribution in [0.4, 0.5) is 0 Å². The monoisotopic (exact) mass is 423 g/mol. The number of carboxylic acids is 1. The molecule has 4 aromatic rings. The van der Waals surface area contributed by atoms with E-state index in [4.69, 9.17) is 23.2 Å². The first-order valence-corrected chi connectivity index (χ1v) is 9.87. The molecule has 0 saturated heterocycles. The molecule has 3 aromatic carbocycles. The summed E-state index contributed by atoms with van der Waals surface area (Å²) in [7, 11) is 0. The van der Waals surface area contributed by atoms with Gasteiger partial charge in [0.25, 0.3) is 0 Å². The number of benzene rings is 3. The SMILES string of the molecule is O=C(O)c1cc2c(cc1O)-c1[nH]c3cc(-c4cc(Cl)cc(Cl)c4)ccc3c1CC2. The van der Waals surface area contributed by atoms with Gasteiger partial charge in [0, 0.05) is 26.5 Å². The zero-order valence-corrected chi connectivity index (χ0v) is 16.6. The van der Waals surface area contributed by atoms with Crippen molar-refractivity contribution in [1.82, 2.24) is 4.98 Å². The van der Waals surface area contributed by atoms with Crippen LogP contribution in [0.1, 0.15) is 21.5 Å². The zero-order valence-electron chi connectivity index (χ0n) is 15.1. The lowest BCUT2D eigenvalue weighted by atomic mass is 9.87. The van der Waals surface area contributed by atoms with E-state index < -0.39 is 5.97 Å². The number of aromatic hydroxyl groups is 1. The molecule has 0 amide bonds. The molecular formula is C23H15Cl2NO3. The minimum absolute atomic E-state index is 0.0663. The summed E-state index contributed by atoms with van der Waals surface area (Å²) >= 11 is 12.3. The Hall–Kier alpha value is -2.95. The van der Waals surface area contributed by atoms with E-state index >= 15 is 0 Å². The number of aromatic carboxylic acids is 1. The van der Waals surface area contributed by atoms with Crippen molar-refractivity contribution >= 4 is 40.1 Å². The summed E-state index contributed by atoms with van der Waals surface area (Å²) in [6, 6.07) is 14.7. The molecule has 144 valence electrons. The molecule has 0 atom stereocenters. The van der Waals surface area contributed by atoms with E-state index in [-0.39, 0.29) is 11.3 Å². The van der Waals surface area contributed by atoms with Crippen molar-refractivity contribution in [2.75, 3.05) is 0 Å². The number of hydrogen-bond acceptors (Lipinski definition) is 2. The standard InChI is InChI=1S/C23H15Cl2NO3/c24-14-5-13(6-15(25)9-14)11-1-3-16-17-4-2-12-7-19(23(28)29)21(27)10-18(12)22(17)26-20(16)8-11/h1,3,5-10,26-27H,2,4H2,(H,28,29). The van der Waals surface area contributed by atoms with E-state index in [0.29, 0.717) is 10.0 Å². The first-order chi connectivity index (χ1) is 13.9. The molecule has 0 aliphatic heterocycles. The van der Waals surface area contributed by atoms with Crippen molar-refractivity contribution in [1.29, 1.82) is 0 Å². The Balaban J connectivity index is 1.67. The molecule has 0 saturated carbocycles. The highest BCUT2D eigenvalue weighted by Crippen LogP contribution is 2.41. The molecule has 1 aliphatic rings. The first-order valence-electron chi connectivity index (χ1n) is 9.11. The topological polar surface area (TPSA) is 73.3 Å². The minimum Gasteiger partial charge on any atom is -0.507 e.